The molecule has 0 fully saturated rings. The molecule has 1 aromatic carbocycles. The zero-order valence-corrected chi connectivity index (χ0v) is 14.1. The van der Waals surface area contributed by atoms with Crippen molar-refractivity contribution in [3.05, 3.63) is 41.5 Å². The maximum Gasteiger partial charge on any atom is 0.308 e. The van der Waals surface area contributed by atoms with Gasteiger partial charge in [0.1, 0.15) is 5.75 Å². The predicted octanol–water partition coefficient (Wildman–Crippen LogP) is 2.95. The molecule has 1 aliphatic carbocycles. The van der Waals surface area contributed by atoms with Gasteiger partial charge >= 0.3 is 5.97 Å². The van der Waals surface area contributed by atoms with Gasteiger partial charge in [-0.15, -0.1) is 0 Å². The van der Waals surface area contributed by atoms with Crippen molar-refractivity contribution in [3.63, 3.8) is 0 Å². The third kappa shape index (κ3) is 5.41. The molecule has 0 aliphatic heterocycles. The summed E-state index contributed by atoms with van der Waals surface area (Å²) in [5.74, 6) is -1.03. The highest BCUT2D eigenvalue weighted by atomic mass is 16.5. The quantitative estimate of drug-likeness (QED) is 0.718. The van der Waals surface area contributed by atoms with E-state index in [9.17, 15) is 14.7 Å². The van der Waals surface area contributed by atoms with Gasteiger partial charge in [-0.25, -0.2) is 0 Å². The molecular formula is C19H25NO4. The van der Waals surface area contributed by atoms with Crippen LogP contribution in [-0.4, -0.2) is 30.6 Å². The second-order valence-electron chi connectivity index (χ2n) is 6.14. The molecule has 24 heavy (non-hydrogen) atoms. The van der Waals surface area contributed by atoms with Crippen LogP contribution in [0.15, 0.2) is 35.9 Å². The Bertz CT molecular complexity index is 609. The van der Waals surface area contributed by atoms with Crippen molar-refractivity contribution in [1.82, 2.24) is 5.32 Å². The lowest BCUT2D eigenvalue weighted by atomic mass is 9.96. The number of rotatable bonds is 8. The molecule has 0 bridgehead atoms. The first-order chi connectivity index (χ1) is 11.6. The summed E-state index contributed by atoms with van der Waals surface area (Å²) in [6, 6.07) is 7.36. The van der Waals surface area contributed by atoms with Crippen LogP contribution in [0.4, 0.5) is 0 Å². The summed E-state index contributed by atoms with van der Waals surface area (Å²) in [6.07, 6.45) is 7.15. The fourth-order valence-electron chi connectivity index (χ4n) is 2.95. The first kappa shape index (κ1) is 18.0. The fourth-order valence-corrected chi connectivity index (χ4v) is 2.95. The Morgan fingerprint density at radius 3 is 2.75 bits per heavy atom. The number of hydrogen-bond acceptors (Lipinski definition) is 3. The number of benzene rings is 1. The molecule has 1 atom stereocenters. The molecule has 130 valence electrons. The topological polar surface area (TPSA) is 75.6 Å². The van der Waals surface area contributed by atoms with Crippen LogP contribution < -0.4 is 10.1 Å². The van der Waals surface area contributed by atoms with E-state index in [-0.39, 0.29) is 12.5 Å². The van der Waals surface area contributed by atoms with Crippen molar-refractivity contribution in [2.75, 3.05) is 13.7 Å². The standard InChI is InChI=1S/C19H25NO4/c1-24-17-10-6-5-9-15(17)12-16(19(22)23)13-20-18(21)11-14-7-3-2-4-8-14/h5-7,9-10,16H,2-4,8,11-13H2,1H3,(H,20,21)(H,22,23). The summed E-state index contributed by atoms with van der Waals surface area (Å²) < 4.78 is 5.26. The number of carboxylic acids is 1. The van der Waals surface area contributed by atoms with E-state index < -0.39 is 11.9 Å². The van der Waals surface area contributed by atoms with E-state index in [2.05, 4.69) is 11.4 Å². The lowest BCUT2D eigenvalue weighted by Gasteiger charge is -2.16. The number of methoxy groups -OCH3 is 1. The summed E-state index contributed by atoms with van der Waals surface area (Å²) in [7, 11) is 1.56. The van der Waals surface area contributed by atoms with E-state index in [1.807, 2.05) is 24.3 Å². The highest BCUT2D eigenvalue weighted by molar-refractivity contribution is 5.79. The Morgan fingerprint density at radius 2 is 2.08 bits per heavy atom. The lowest BCUT2D eigenvalue weighted by molar-refractivity contribution is -0.141. The van der Waals surface area contributed by atoms with Crippen molar-refractivity contribution in [2.45, 2.75) is 38.5 Å². The van der Waals surface area contributed by atoms with Crippen LogP contribution in [0.2, 0.25) is 0 Å². The number of amides is 1. The highest BCUT2D eigenvalue weighted by Crippen LogP contribution is 2.22. The minimum atomic E-state index is -0.918. The maximum absolute atomic E-state index is 12.0. The van der Waals surface area contributed by atoms with Gasteiger partial charge in [-0.05, 0) is 43.7 Å². The molecule has 5 nitrogen and oxygen atoms in total. The molecule has 0 aromatic heterocycles. The SMILES string of the molecule is COc1ccccc1CC(CNC(=O)CC1=CCCCC1)C(=O)O. The van der Waals surface area contributed by atoms with Crippen molar-refractivity contribution in [2.24, 2.45) is 5.92 Å². The molecule has 1 aliphatic rings. The van der Waals surface area contributed by atoms with Crippen LogP contribution in [-0.2, 0) is 16.0 Å². The second-order valence-corrected chi connectivity index (χ2v) is 6.14. The van der Waals surface area contributed by atoms with E-state index in [1.165, 1.54) is 6.42 Å². The van der Waals surface area contributed by atoms with Crippen LogP contribution in [0, 0.1) is 5.92 Å². The Kier molecular flexibility index (Phi) is 6.85. The average molecular weight is 331 g/mol. The van der Waals surface area contributed by atoms with Crippen LogP contribution >= 0.6 is 0 Å². The van der Waals surface area contributed by atoms with Crippen LogP contribution in [0.5, 0.6) is 5.75 Å². The molecule has 5 heteroatoms. The number of carboxylic acid groups (broad SMARTS) is 1. The van der Waals surface area contributed by atoms with Crippen LogP contribution in [0.1, 0.15) is 37.7 Å². The third-order valence-electron chi connectivity index (χ3n) is 4.33. The number of carbonyl (C=O) groups is 2. The first-order valence-corrected chi connectivity index (χ1v) is 8.39. The molecule has 1 amide bonds. The molecule has 0 saturated heterocycles. The summed E-state index contributed by atoms with van der Waals surface area (Å²) in [4.78, 5) is 23.5. The molecule has 0 saturated carbocycles. The largest absolute Gasteiger partial charge is 0.496 e. The molecule has 0 spiro atoms. The van der Waals surface area contributed by atoms with Gasteiger partial charge < -0.3 is 15.2 Å². The molecule has 1 aromatic rings. The molecule has 0 radical (unpaired) electrons. The number of carbonyl (C=O) groups excluding carboxylic acids is 1. The van der Waals surface area contributed by atoms with Gasteiger partial charge in [-0.2, -0.15) is 0 Å². The Labute approximate surface area is 142 Å². The van der Waals surface area contributed by atoms with E-state index in [0.29, 0.717) is 18.6 Å². The fraction of sp³-hybridized carbons (Fsp3) is 0.474. The van der Waals surface area contributed by atoms with Gasteiger partial charge in [-0.3, -0.25) is 9.59 Å². The van der Waals surface area contributed by atoms with Gasteiger partial charge in [0.2, 0.25) is 5.91 Å². The first-order valence-electron chi connectivity index (χ1n) is 8.39. The molecular weight excluding hydrogens is 306 g/mol. The Balaban J connectivity index is 1.90. The maximum atomic E-state index is 12.0. The van der Waals surface area contributed by atoms with E-state index >= 15 is 0 Å². The molecule has 2 N–H and O–H groups in total. The lowest BCUT2D eigenvalue weighted by Crippen LogP contribution is -2.34. The van der Waals surface area contributed by atoms with Gasteiger partial charge in [-0.1, -0.05) is 29.8 Å². The Hall–Kier alpha value is -2.30. The van der Waals surface area contributed by atoms with Gasteiger partial charge in [0.05, 0.1) is 13.0 Å². The minimum Gasteiger partial charge on any atom is -0.496 e. The smallest absolute Gasteiger partial charge is 0.308 e. The molecule has 0 heterocycles. The molecule has 2 rings (SSSR count). The van der Waals surface area contributed by atoms with Gasteiger partial charge in [0, 0.05) is 13.0 Å². The zero-order valence-electron chi connectivity index (χ0n) is 14.1. The van der Waals surface area contributed by atoms with E-state index in [4.69, 9.17) is 4.74 Å². The van der Waals surface area contributed by atoms with E-state index in [0.717, 1.165) is 30.4 Å². The van der Waals surface area contributed by atoms with Gasteiger partial charge in [0.15, 0.2) is 0 Å². The Morgan fingerprint density at radius 1 is 1.29 bits per heavy atom. The summed E-state index contributed by atoms with van der Waals surface area (Å²) in [5, 5.41) is 12.2. The number of hydrogen-bond donors (Lipinski definition) is 2. The van der Waals surface area contributed by atoms with E-state index in [1.54, 1.807) is 7.11 Å². The summed E-state index contributed by atoms with van der Waals surface area (Å²) >= 11 is 0. The van der Waals surface area contributed by atoms with Crippen molar-refractivity contribution < 1.29 is 19.4 Å². The van der Waals surface area contributed by atoms with Crippen molar-refractivity contribution in [3.8, 4) is 5.75 Å². The summed E-state index contributed by atoms with van der Waals surface area (Å²) in [6.45, 7) is 0.124. The monoisotopic (exact) mass is 331 g/mol. The van der Waals surface area contributed by atoms with Crippen molar-refractivity contribution in [1.29, 1.82) is 0 Å². The average Bonchev–Trinajstić information content (AvgIpc) is 2.59. The number of aliphatic carboxylic acids is 1. The highest BCUT2D eigenvalue weighted by Gasteiger charge is 2.21. The number of allylic oxidation sites excluding steroid dienone is 1. The van der Waals surface area contributed by atoms with Gasteiger partial charge in [0.25, 0.3) is 0 Å². The molecule has 1 unspecified atom stereocenters. The van der Waals surface area contributed by atoms with Crippen LogP contribution in [0.25, 0.3) is 0 Å². The van der Waals surface area contributed by atoms with Crippen molar-refractivity contribution >= 4 is 11.9 Å². The number of ether oxygens (including phenoxy) is 1. The summed E-state index contributed by atoms with van der Waals surface area (Å²) in [5.41, 5.74) is 1.99. The number of nitrogens with one attached hydrogen (secondary N) is 1. The normalized spacial score (nSPS) is 15.3. The zero-order chi connectivity index (χ0) is 17.4. The number of para-hydroxylation sites is 1. The second kappa shape index (κ2) is 9.11. The third-order valence-corrected chi connectivity index (χ3v) is 4.33. The minimum absolute atomic E-state index is 0.102. The predicted molar refractivity (Wildman–Crippen MR) is 92.0 cm³/mol. The van der Waals surface area contributed by atoms with Crippen LogP contribution in [0.3, 0.4) is 0 Å².